The Morgan fingerprint density at radius 3 is 2.56 bits per heavy atom. The normalized spacial score (nSPS) is 18.7. The summed E-state index contributed by atoms with van der Waals surface area (Å²) in [6.45, 7) is 6.12. The van der Waals surface area contributed by atoms with Crippen LogP contribution in [0.4, 0.5) is 0 Å². The predicted octanol–water partition coefficient (Wildman–Crippen LogP) is 1.42. The molecule has 1 aliphatic rings. The van der Waals surface area contributed by atoms with Crippen molar-refractivity contribution in [2.24, 2.45) is 11.7 Å². The van der Waals surface area contributed by atoms with E-state index < -0.39 is 0 Å². The smallest absolute Gasteiger partial charge is 0.225 e. The second-order valence-corrected chi connectivity index (χ2v) is 6.91. The zero-order chi connectivity index (χ0) is 18.4. The average Bonchev–Trinajstić information content (AvgIpc) is 2.98. The maximum Gasteiger partial charge on any atom is 0.225 e. The summed E-state index contributed by atoms with van der Waals surface area (Å²) in [5.41, 5.74) is 8.44. The molecule has 0 aromatic heterocycles. The third-order valence-corrected chi connectivity index (χ3v) is 4.68. The molecular formula is C19H29N3O3. The van der Waals surface area contributed by atoms with Crippen LogP contribution in [0.5, 0.6) is 0 Å². The largest absolute Gasteiger partial charge is 0.383 e. The van der Waals surface area contributed by atoms with E-state index in [1.54, 1.807) is 12.0 Å². The van der Waals surface area contributed by atoms with Crippen LogP contribution >= 0.6 is 0 Å². The fourth-order valence-corrected chi connectivity index (χ4v) is 2.97. The molecule has 1 saturated heterocycles. The summed E-state index contributed by atoms with van der Waals surface area (Å²) in [5, 5.41) is 2.88. The van der Waals surface area contributed by atoms with Crippen molar-refractivity contribution in [3.8, 4) is 0 Å². The van der Waals surface area contributed by atoms with Crippen LogP contribution in [0.3, 0.4) is 0 Å². The molecule has 1 fully saturated rings. The van der Waals surface area contributed by atoms with E-state index in [-0.39, 0.29) is 30.2 Å². The number of methoxy groups -OCH3 is 1. The third kappa shape index (κ3) is 5.28. The van der Waals surface area contributed by atoms with Crippen molar-refractivity contribution in [2.45, 2.75) is 32.2 Å². The Morgan fingerprint density at radius 1 is 1.32 bits per heavy atom. The average molecular weight is 347 g/mol. The molecule has 0 radical (unpaired) electrons. The highest BCUT2D eigenvalue weighted by molar-refractivity contribution is 5.89. The zero-order valence-corrected chi connectivity index (χ0v) is 15.3. The summed E-state index contributed by atoms with van der Waals surface area (Å²) in [4.78, 5) is 25.9. The number of nitrogens with one attached hydrogen (secondary N) is 1. The summed E-state index contributed by atoms with van der Waals surface area (Å²) in [5.74, 6) is 0.0686. The molecule has 6 nitrogen and oxygen atoms in total. The number of hydrogen-bond acceptors (Lipinski definition) is 4. The molecule has 2 atom stereocenters. The Morgan fingerprint density at radius 2 is 1.96 bits per heavy atom. The molecule has 1 aromatic carbocycles. The van der Waals surface area contributed by atoms with Crippen molar-refractivity contribution in [3.63, 3.8) is 0 Å². The first-order chi connectivity index (χ1) is 11.9. The number of rotatable bonds is 8. The highest BCUT2D eigenvalue weighted by Crippen LogP contribution is 2.19. The zero-order valence-electron chi connectivity index (χ0n) is 15.3. The minimum atomic E-state index is -0.306. The van der Waals surface area contributed by atoms with Crippen LogP contribution in [0, 0.1) is 5.92 Å². The van der Waals surface area contributed by atoms with Crippen LogP contribution in [0.25, 0.3) is 0 Å². The third-order valence-electron chi connectivity index (χ3n) is 4.68. The van der Waals surface area contributed by atoms with Gasteiger partial charge in [-0.15, -0.1) is 0 Å². The number of nitrogens with two attached hydrogens (primary N) is 1. The van der Waals surface area contributed by atoms with Crippen LogP contribution in [-0.4, -0.2) is 50.1 Å². The van der Waals surface area contributed by atoms with Gasteiger partial charge in [-0.05, 0) is 17.0 Å². The molecule has 2 amide bonds. The van der Waals surface area contributed by atoms with E-state index in [1.165, 1.54) is 5.56 Å². The maximum atomic E-state index is 12.3. The van der Waals surface area contributed by atoms with Crippen molar-refractivity contribution in [1.29, 1.82) is 0 Å². The summed E-state index contributed by atoms with van der Waals surface area (Å²) in [6.07, 6.45) is 0.258. The van der Waals surface area contributed by atoms with E-state index in [2.05, 4.69) is 31.3 Å². The lowest BCUT2D eigenvalue weighted by molar-refractivity contribution is -0.129. The van der Waals surface area contributed by atoms with E-state index in [9.17, 15) is 9.59 Å². The number of benzene rings is 1. The van der Waals surface area contributed by atoms with Gasteiger partial charge in [-0.3, -0.25) is 9.59 Å². The van der Waals surface area contributed by atoms with Crippen molar-refractivity contribution in [2.75, 3.05) is 33.4 Å². The number of ether oxygens (including phenoxy) is 1. The molecule has 0 saturated carbocycles. The predicted molar refractivity (Wildman–Crippen MR) is 97.0 cm³/mol. The number of carbonyl (C=O) groups is 2. The number of carbonyl (C=O) groups excluding carboxylic acids is 2. The molecule has 25 heavy (non-hydrogen) atoms. The van der Waals surface area contributed by atoms with Gasteiger partial charge >= 0.3 is 0 Å². The van der Waals surface area contributed by atoms with Crippen LogP contribution in [0.2, 0.25) is 0 Å². The van der Waals surface area contributed by atoms with Crippen molar-refractivity contribution in [3.05, 3.63) is 35.4 Å². The number of amides is 2. The fourth-order valence-electron chi connectivity index (χ4n) is 2.97. The van der Waals surface area contributed by atoms with Crippen LogP contribution in [0.1, 0.15) is 43.4 Å². The van der Waals surface area contributed by atoms with Gasteiger partial charge in [-0.1, -0.05) is 38.1 Å². The van der Waals surface area contributed by atoms with E-state index >= 15 is 0 Å². The molecule has 1 heterocycles. The van der Waals surface area contributed by atoms with E-state index in [1.807, 2.05) is 12.1 Å². The molecule has 1 aliphatic heterocycles. The topological polar surface area (TPSA) is 84.7 Å². The van der Waals surface area contributed by atoms with Gasteiger partial charge in [0.05, 0.1) is 12.5 Å². The molecule has 0 aliphatic carbocycles. The van der Waals surface area contributed by atoms with Gasteiger partial charge in [0.2, 0.25) is 11.8 Å². The maximum absolute atomic E-state index is 12.3. The quantitative estimate of drug-likeness (QED) is 0.745. The fraction of sp³-hybridized carbons (Fsp3) is 0.579. The molecule has 6 heteroatoms. The van der Waals surface area contributed by atoms with Gasteiger partial charge in [-0.2, -0.15) is 0 Å². The minimum Gasteiger partial charge on any atom is -0.383 e. The van der Waals surface area contributed by atoms with Gasteiger partial charge in [0.1, 0.15) is 0 Å². The Kier molecular flexibility index (Phi) is 6.96. The first-order valence-corrected chi connectivity index (χ1v) is 8.82. The summed E-state index contributed by atoms with van der Waals surface area (Å²) >= 11 is 0. The van der Waals surface area contributed by atoms with Gasteiger partial charge < -0.3 is 20.7 Å². The first kappa shape index (κ1) is 19.4. The molecule has 138 valence electrons. The minimum absolute atomic E-state index is 0.00535. The van der Waals surface area contributed by atoms with Crippen molar-refractivity contribution < 1.29 is 14.3 Å². The van der Waals surface area contributed by atoms with Crippen LogP contribution in [-0.2, 0) is 14.3 Å². The highest BCUT2D eigenvalue weighted by Gasteiger charge is 2.33. The molecular weight excluding hydrogens is 318 g/mol. The Labute approximate surface area is 149 Å². The van der Waals surface area contributed by atoms with Crippen LogP contribution < -0.4 is 11.1 Å². The molecule has 3 N–H and O–H groups in total. The van der Waals surface area contributed by atoms with E-state index in [4.69, 9.17) is 10.5 Å². The summed E-state index contributed by atoms with van der Waals surface area (Å²) in [7, 11) is 1.60. The molecule has 2 unspecified atom stereocenters. The van der Waals surface area contributed by atoms with Crippen LogP contribution in [0.15, 0.2) is 24.3 Å². The van der Waals surface area contributed by atoms with Gasteiger partial charge in [-0.25, -0.2) is 0 Å². The second kappa shape index (κ2) is 8.97. The lowest BCUT2D eigenvalue weighted by Crippen LogP contribution is -2.37. The number of likely N-dealkylation sites (tertiary alicyclic amines) is 1. The van der Waals surface area contributed by atoms with E-state index in [0.717, 1.165) is 5.56 Å². The molecule has 0 spiro atoms. The lowest BCUT2D eigenvalue weighted by Gasteiger charge is -2.17. The standard InChI is InChI=1S/C19H29N3O3/c1-13(2)14-4-6-15(7-5-14)17(20)11-21-19(24)16-10-18(23)22(12-16)8-9-25-3/h4-7,13,16-17H,8-12,20H2,1-3H3,(H,21,24). The Bertz CT molecular complexity index is 586. The van der Waals surface area contributed by atoms with E-state index in [0.29, 0.717) is 32.2 Å². The Hall–Kier alpha value is -1.92. The monoisotopic (exact) mass is 347 g/mol. The molecule has 2 rings (SSSR count). The number of nitrogens with zero attached hydrogens (tertiary/aromatic N) is 1. The SMILES string of the molecule is COCCN1CC(C(=O)NCC(N)c2ccc(C(C)C)cc2)CC1=O. The highest BCUT2D eigenvalue weighted by atomic mass is 16.5. The Balaban J connectivity index is 1.82. The molecule has 1 aromatic rings. The summed E-state index contributed by atoms with van der Waals surface area (Å²) < 4.78 is 4.99. The first-order valence-electron chi connectivity index (χ1n) is 8.82. The van der Waals surface area contributed by atoms with Crippen molar-refractivity contribution >= 4 is 11.8 Å². The van der Waals surface area contributed by atoms with Gasteiger partial charge in [0, 0.05) is 39.2 Å². The molecule has 0 bridgehead atoms. The van der Waals surface area contributed by atoms with Gasteiger partial charge in [0.25, 0.3) is 0 Å². The van der Waals surface area contributed by atoms with Crippen molar-refractivity contribution in [1.82, 2.24) is 10.2 Å². The lowest BCUT2D eigenvalue weighted by atomic mass is 9.99. The summed E-state index contributed by atoms with van der Waals surface area (Å²) in [6, 6.07) is 7.91. The second-order valence-electron chi connectivity index (χ2n) is 6.91. The number of hydrogen-bond donors (Lipinski definition) is 2. The van der Waals surface area contributed by atoms with Gasteiger partial charge in [0.15, 0.2) is 0 Å².